The molecule has 2 aromatic carbocycles. The quantitative estimate of drug-likeness (QED) is 0.191. The largest absolute Gasteiger partial charge is 0.470 e. The van der Waals surface area contributed by atoms with Gasteiger partial charge in [0.05, 0.1) is 5.66 Å². The first kappa shape index (κ1) is 39.6. The van der Waals surface area contributed by atoms with E-state index in [9.17, 15) is 0 Å². The maximum absolute atomic E-state index is 7.15. The van der Waals surface area contributed by atoms with Crippen molar-refractivity contribution in [3.8, 4) is 0 Å². The highest BCUT2D eigenvalue weighted by atomic mass is 16.3. The average Bonchev–Trinajstić information content (AvgIpc) is 3.50. The average molecular weight is 699 g/mol. The SMILES string of the molecule is C/C=C\C1=C(CNc2ccccc2C)B(c2cc3cc4c(cc3o2)C(C)(C)CCC4(C)C)C(/C=C(\CCC)C(C)CC)=C(C)N1/C=C/CC(C)(C)C. The van der Waals surface area contributed by atoms with E-state index in [-0.39, 0.29) is 23.0 Å². The summed E-state index contributed by atoms with van der Waals surface area (Å²) in [7, 11) is 0. The van der Waals surface area contributed by atoms with Gasteiger partial charge in [-0.15, -0.1) is 0 Å². The van der Waals surface area contributed by atoms with Crippen LogP contribution in [0.1, 0.15) is 138 Å². The standard InChI is InChI=1S/C48H67BN2O/c1-14-20-36(33(4)16-3)29-40-35(6)51(27-19-24-46(7,8)9)43(21-15-2)41(32-50-42-23-18-17-22-34(42)5)49(40)45-30-37-28-38-39(31-44(37)52-45)48(12,13)26-25-47(38,10)11/h15,17-19,21-23,27-31,33,50H,14,16,20,24-26,32H2,1-13H3/b21-15-,27-19+,36-29+. The molecule has 2 heterocycles. The summed E-state index contributed by atoms with van der Waals surface area (Å²) < 4.78 is 7.15. The first-order chi connectivity index (χ1) is 24.5. The number of hydrogen-bond donors (Lipinski definition) is 1. The first-order valence-electron chi connectivity index (χ1n) is 20.1. The normalized spacial score (nSPS) is 18.7. The minimum atomic E-state index is -0.0451. The van der Waals surface area contributed by atoms with Crippen molar-refractivity contribution in [2.45, 2.75) is 139 Å². The molecule has 4 heteroatoms. The summed E-state index contributed by atoms with van der Waals surface area (Å²) in [4.78, 5) is 2.45. The second-order valence-electron chi connectivity index (χ2n) is 18.2. The van der Waals surface area contributed by atoms with Crippen LogP contribution in [0.4, 0.5) is 5.69 Å². The number of para-hydroxylation sites is 1. The van der Waals surface area contributed by atoms with E-state index in [1.807, 2.05) is 0 Å². The highest BCUT2D eigenvalue weighted by Crippen LogP contribution is 2.47. The maximum atomic E-state index is 7.15. The zero-order valence-corrected chi connectivity index (χ0v) is 34.9. The maximum Gasteiger partial charge on any atom is 0.289 e. The number of aryl methyl sites for hydroxylation is 1. The molecule has 1 aliphatic heterocycles. The van der Waals surface area contributed by atoms with Crippen LogP contribution < -0.4 is 11.0 Å². The Morgan fingerprint density at radius 2 is 1.67 bits per heavy atom. The molecular formula is C48H67BN2O. The van der Waals surface area contributed by atoms with Gasteiger partial charge in [-0.3, -0.25) is 0 Å². The predicted octanol–water partition coefficient (Wildman–Crippen LogP) is 13.1. The fraction of sp³-hybridized carbons (Fsp3) is 0.500. The summed E-state index contributed by atoms with van der Waals surface area (Å²) in [6, 6.07) is 15.8. The molecule has 2 aliphatic rings. The number of anilines is 1. The number of rotatable bonds is 12. The monoisotopic (exact) mass is 699 g/mol. The molecule has 3 nitrogen and oxygen atoms in total. The van der Waals surface area contributed by atoms with Crippen LogP contribution in [0.3, 0.4) is 0 Å². The van der Waals surface area contributed by atoms with Crippen LogP contribution in [0.2, 0.25) is 0 Å². The van der Waals surface area contributed by atoms with Gasteiger partial charge >= 0.3 is 0 Å². The van der Waals surface area contributed by atoms with E-state index in [1.54, 1.807) is 0 Å². The smallest absolute Gasteiger partial charge is 0.289 e. The molecule has 0 saturated carbocycles. The van der Waals surface area contributed by atoms with Crippen molar-refractivity contribution in [1.82, 2.24) is 4.90 Å². The van der Waals surface area contributed by atoms with Gasteiger partial charge in [0.25, 0.3) is 6.71 Å². The molecule has 5 rings (SSSR count). The number of benzene rings is 2. The molecule has 0 bridgehead atoms. The van der Waals surface area contributed by atoms with Crippen molar-refractivity contribution in [1.29, 1.82) is 0 Å². The first-order valence-corrected chi connectivity index (χ1v) is 20.1. The summed E-state index contributed by atoms with van der Waals surface area (Å²) >= 11 is 0. The molecule has 1 aliphatic carbocycles. The van der Waals surface area contributed by atoms with Crippen molar-refractivity contribution in [2.24, 2.45) is 11.3 Å². The second-order valence-corrected chi connectivity index (χ2v) is 18.2. The van der Waals surface area contributed by atoms with Gasteiger partial charge < -0.3 is 14.6 Å². The number of hydrogen-bond acceptors (Lipinski definition) is 3. The zero-order valence-electron chi connectivity index (χ0n) is 34.9. The lowest BCUT2D eigenvalue weighted by molar-refractivity contribution is 0.332. The third-order valence-corrected chi connectivity index (χ3v) is 11.9. The van der Waals surface area contributed by atoms with E-state index < -0.39 is 0 Å². The molecule has 52 heavy (non-hydrogen) atoms. The van der Waals surface area contributed by atoms with E-state index in [0.717, 1.165) is 36.9 Å². The fourth-order valence-electron chi connectivity index (χ4n) is 8.21. The Balaban J connectivity index is 1.80. The van der Waals surface area contributed by atoms with Crippen LogP contribution in [-0.4, -0.2) is 18.2 Å². The Kier molecular flexibility index (Phi) is 12.0. The summed E-state index contributed by atoms with van der Waals surface area (Å²) in [5.41, 5.74) is 14.5. The Morgan fingerprint density at radius 1 is 1.00 bits per heavy atom. The molecule has 1 N–H and O–H groups in total. The molecule has 0 fully saturated rings. The van der Waals surface area contributed by atoms with Gasteiger partial charge in [0.15, 0.2) is 0 Å². The molecule has 278 valence electrons. The fourth-order valence-corrected chi connectivity index (χ4v) is 8.21. The van der Waals surface area contributed by atoms with Crippen LogP contribution in [-0.2, 0) is 10.8 Å². The Morgan fingerprint density at radius 3 is 2.29 bits per heavy atom. The molecule has 3 aromatic rings. The molecule has 0 saturated heterocycles. The molecule has 1 unspecified atom stereocenters. The van der Waals surface area contributed by atoms with Crippen LogP contribution in [0.25, 0.3) is 11.0 Å². The summed E-state index contributed by atoms with van der Waals surface area (Å²) in [6.07, 6.45) is 18.5. The van der Waals surface area contributed by atoms with Crippen molar-refractivity contribution in [2.75, 3.05) is 11.9 Å². The summed E-state index contributed by atoms with van der Waals surface area (Å²) in [5, 5.41) is 5.10. The molecule has 1 aromatic heterocycles. The minimum absolute atomic E-state index is 0.0451. The van der Waals surface area contributed by atoms with Gasteiger partial charge in [0.1, 0.15) is 5.58 Å². The van der Waals surface area contributed by atoms with Crippen LogP contribution in [0.15, 0.2) is 105 Å². The second kappa shape index (κ2) is 15.8. The highest BCUT2D eigenvalue weighted by molar-refractivity contribution is 6.86. The van der Waals surface area contributed by atoms with Crippen molar-refractivity contribution in [3.63, 3.8) is 0 Å². The number of allylic oxidation sites excluding steroid dienone is 7. The van der Waals surface area contributed by atoms with E-state index in [2.05, 4.69) is 173 Å². The molecular weight excluding hydrogens is 631 g/mol. The van der Waals surface area contributed by atoms with Crippen molar-refractivity contribution in [3.05, 3.63) is 118 Å². The molecule has 0 spiro atoms. The number of furan rings is 1. The van der Waals surface area contributed by atoms with E-state index in [4.69, 9.17) is 4.42 Å². The van der Waals surface area contributed by atoms with Crippen molar-refractivity contribution < 1.29 is 4.42 Å². The Labute approximate surface area is 317 Å². The van der Waals surface area contributed by atoms with Gasteiger partial charge in [0, 0.05) is 35.2 Å². The molecule has 1 atom stereocenters. The highest BCUT2D eigenvalue weighted by Gasteiger charge is 2.40. The predicted molar refractivity (Wildman–Crippen MR) is 229 cm³/mol. The lowest BCUT2D eigenvalue weighted by Gasteiger charge is -2.41. The third kappa shape index (κ3) is 8.43. The Bertz CT molecular complexity index is 1850. The zero-order chi connectivity index (χ0) is 38.0. The van der Waals surface area contributed by atoms with Gasteiger partial charge in [-0.1, -0.05) is 118 Å². The van der Waals surface area contributed by atoms with Crippen molar-refractivity contribution >= 4 is 29.0 Å². The summed E-state index contributed by atoms with van der Waals surface area (Å²) in [5.74, 6) is 0.507. The lowest BCUT2D eigenvalue weighted by atomic mass is 9.35. The van der Waals surface area contributed by atoms with E-state index in [0.29, 0.717) is 12.5 Å². The number of nitrogens with zero attached hydrogens (tertiary/aromatic N) is 1. The topological polar surface area (TPSA) is 28.4 Å². The van der Waals surface area contributed by atoms with Crippen LogP contribution >= 0.6 is 0 Å². The summed E-state index contributed by atoms with van der Waals surface area (Å²) in [6.45, 7) is 30.9. The molecule has 0 radical (unpaired) electrons. The Hall–Kier alpha value is -3.66. The lowest BCUT2D eigenvalue weighted by Crippen LogP contribution is -2.43. The van der Waals surface area contributed by atoms with Gasteiger partial charge in [-0.2, -0.15) is 0 Å². The van der Waals surface area contributed by atoms with Gasteiger partial charge in [-0.05, 0) is 133 Å². The third-order valence-electron chi connectivity index (χ3n) is 11.9. The van der Waals surface area contributed by atoms with Gasteiger partial charge in [-0.25, -0.2) is 0 Å². The minimum Gasteiger partial charge on any atom is -0.470 e. The van der Waals surface area contributed by atoms with E-state index >= 15 is 0 Å². The number of nitrogens with one attached hydrogen (secondary N) is 1. The molecule has 0 amide bonds. The van der Waals surface area contributed by atoms with E-state index in [1.165, 1.54) is 68.5 Å². The van der Waals surface area contributed by atoms with Gasteiger partial charge in [0.2, 0.25) is 0 Å². The number of fused-ring (bicyclic) bond motifs is 2. The van der Waals surface area contributed by atoms with Crippen LogP contribution in [0.5, 0.6) is 0 Å². The van der Waals surface area contributed by atoms with Crippen LogP contribution in [0, 0.1) is 18.3 Å².